The first-order valence-corrected chi connectivity index (χ1v) is 7.29. The molecule has 1 N–H and O–H groups in total. The fourth-order valence-corrected chi connectivity index (χ4v) is 2.31. The highest BCUT2D eigenvalue weighted by molar-refractivity contribution is 7.09. The molecule has 0 fully saturated rings. The Labute approximate surface area is 120 Å². The molecule has 0 aromatic carbocycles. The van der Waals surface area contributed by atoms with Crippen molar-refractivity contribution in [3.8, 4) is 0 Å². The molecule has 7 heteroatoms. The number of aryl methyl sites for hydroxylation is 1. The lowest BCUT2D eigenvalue weighted by Crippen LogP contribution is -2.25. The van der Waals surface area contributed by atoms with E-state index >= 15 is 0 Å². The van der Waals surface area contributed by atoms with Gasteiger partial charge in [0.1, 0.15) is 6.61 Å². The number of rotatable bonds is 9. The summed E-state index contributed by atoms with van der Waals surface area (Å²) < 4.78 is 39.7. The molecule has 0 aliphatic rings. The van der Waals surface area contributed by atoms with E-state index in [4.69, 9.17) is 0 Å². The molecule has 0 spiro atoms. The molecular weight excluding hydrogens is 291 g/mol. The summed E-state index contributed by atoms with van der Waals surface area (Å²) in [7, 11) is 0. The Balaban J connectivity index is 1.92. The van der Waals surface area contributed by atoms with Crippen molar-refractivity contribution in [1.82, 2.24) is 5.32 Å². The molecule has 20 heavy (non-hydrogen) atoms. The molecule has 0 saturated heterocycles. The molecule has 1 aromatic heterocycles. The zero-order chi connectivity index (χ0) is 14.8. The summed E-state index contributed by atoms with van der Waals surface area (Å²) in [6, 6.07) is 4.00. The van der Waals surface area contributed by atoms with Crippen LogP contribution in [-0.4, -0.2) is 31.8 Å². The lowest BCUT2D eigenvalue weighted by Gasteiger charge is -2.08. The van der Waals surface area contributed by atoms with Gasteiger partial charge in [-0.15, -0.1) is 11.3 Å². The highest BCUT2D eigenvalue weighted by Gasteiger charge is 2.27. The molecule has 0 radical (unpaired) electrons. The Morgan fingerprint density at radius 1 is 1.35 bits per heavy atom. The monoisotopic (exact) mass is 309 g/mol. The predicted octanol–water partition coefficient (Wildman–Crippen LogP) is 3.16. The van der Waals surface area contributed by atoms with Crippen LogP contribution >= 0.6 is 11.3 Å². The molecule has 0 aliphatic carbocycles. The van der Waals surface area contributed by atoms with Gasteiger partial charge in [-0.25, -0.2) is 0 Å². The normalized spacial score (nSPS) is 11.6. The van der Waals surface area contributed by atoms with Crippen molar-refractivity contribution in [1.29, 1.82) is 0 Å². The molecule has 1 aromatic rings. The Kier molecular flexibility index (Phi) is 7.61. The highest BCUT2D eigenvalue weighted by atomic mass is 32.1. The molecular formula is C13H18F3NO2S. The van der Waals surface area contributed by atoms with Crippen LogP contribution in [0.3, 0.4) is 0 Å². The van der Waals surface area contributed by atoms with E-state index in [2.05, 4.69) is 10.1 Å². The van der Waals surface area contributed by atoms with Crippen molar-refractivity contribution in [2.24, 2.45) is 0 Å². The van der Waals surface area contributed by atoms with Gasteiger partial charge in [-0.2, -0.15) is 13.2 Å². The van der Waals surface area contributed by atoms with Crippen LogP contribution in [0.2, 0.25) is 0 Å². The number of hydrogen-bond donors (Lipinski definition) is 1. The van der Waals surface area contributed by atoms with E-state index in [0.717, 1.165) is 12.8 Å². The van der Waals surface area contributed by atoms with E-state index in [9.17, 15) is 18.0 Å². The summed E-state index contributed by atoms with van der Waals surface area (Å²) in [5.41, 5.74) is 0. The van der Waals surface area contributed by atoms with Gasteiger partial charge in [0.2, 0.25) is 5.91 Å². The first-order valence-electron chi connectivity index (χ1n) is 6.41. The minimum atomic E-state index is -4.29. The molecule has 0 unspecified atom stereocenters. The van der Waals surface area contributed by atoms with Crippen molar-refractivity contribution in [2.45, 2.75) is 31.9 Å². The lowest BCUT2D eigenvalue weighted by molar-refractivity contribution is -0.174. The zero-order valence-electron chi connectivity index (χ0n) is 11.0. The van der Waals surface area contributed by atoms with Crippen molar-refractivity contribution >= 4 is 17.2 Å². The van der Waals surface area contributed by atoms with Crippen molar-refractivity contribution in [3.05, 3.63) is 22.4 Å². The maximum Gasteiger partial charge on any atom is 0.411 e. The van der Waals surface area contributed by atoms with E-state index in [1.165, 1.54) is 4.88 Å². The molecule has 0 saturated carbocycles. The van der Waals surface area contributed by atoms with Gasteiger partial charge in [-0.05, 0) is 30.7 Å². The van der Waals surface area contributed by atoms with Crippen molar-refractivity contribution < 1.29 is 22.7 Å². The first kappa shape index (κ1) is 17.0. The number of amides is 1. The quantitative estimate of drug-likeness (QED) is 0.712. The highest BCUT2D eigenvalue weighted by Crippen LogP contribution is 2.14. The van der Waals surface area contributed by atoms with Gasteiger partial charge in [-0.3, -0.25) is 4.79 Å². The Morgan fingerprint density at radius 2 is 2.15 bits per heavy atom. The summed E-state index contributed by atoms with van der Waals surface area (Å²) in [6.07, 6.45) is -1.82. The van der Waals surface area contributed by atoms with E-state index in [0.29, 0.717) is 19.4 Å². The van der Waals surface area contributed by atoms with Crippen LogP contribution < -0.4 is 5.32 Å². The van der Waals surface area contributed by atoms with E-state index in [1.807, 2.05) is 17.5 Å². The smallest absolute Gasteiger partial charge is 0.372 e. The molecule has 1 heterocycles. The van der Waals surface area contributed by atoms with Crippen LogP contribution in [0.25, 0.3) is 0 Å². The van der Waals surface area contributed by atoms with Gasteiger partial charge in [0.05, 0.1) is 0 Å². The number of halogens is 3. The number of thiophene rings is 1. The second-order valence-corrected chi connectivity index (χ2v) is 5.34. The molecule has 3 nitrogen and oxygen atoms in total. The van der Waals surface area contributed by atoms with E-state index in [1.54, 1.807) is 11.3 Å². The second kappa shape index (κ2) is 8.97. The summed E-state index contributed by atoms with van der Waals surface area (Å²) in [5.74, 6) is -0.0719. The molecule has 1 rings (SSSR count). The van der Waals surface area contributed by atoms with Gasteiger partial charge in [0, 0.05) is 24.4 Å². The summed E-state index contributed by atoms with van der Waals surface area (Å²) >= 11 is 1.66. The van der Waals surface area contributed by atoms with Gasteiger partial charge in [-0.1, -0.05) is 6.07 Å². The van der Waals surface area contributed by atoms with Crippen LogP contribution in [0.15, 0.2) is 17.5 Å². The van der Waals surface area contributed by atoms with Gasteiger partial charge < -0.3 is 10.1 Å². The minimum absolute atomic E-state index is 0.00497. The topological polar surface area (TPSA) is 38.3 Å². The number of nitrogens with one attached hydrogen (secondary N) is 1. The number of ether oxygens (including phenoxy) is 1. The fraction of sp³-hybridized carbons (Fsp3) is 0.615. The molecule has 114 valence electrons. The number of alkyl halides is 3. The summed E-state index contributed by atoms with van der Waals surface area (Å²) in [5, 5.41) is 4.66. The lowest BCUT2D eigenvalue weighted by atomic mass is 10.2. The molecule has 0 atom stereocenters. The predicted molar refractivity (Wildman–Crippen MR) is 71.8 cm³/mol. The second-order valence-electron chi connectivity index (χ2n) is 4.30. The van der Waals surface area contributed by atoms with Gasteiger partial charge in [0.25, 0.3) is 0 Å². The zero-order valence-corrected chi connectivity index (χ0v) is 11.9. The third-order valence-electron chi connectivity index (χ3n) is 2.46. The average Bonchev–Trinajstić information content (AvgIpc) is 2.85. The minimum Gasteiger partial charge on any atom is -0.372 e. The first-order chi connectivity index (χ1) is 9.47. The van der Waals surface area contributed by atoms with E-state index in [-0.39, 0.29) is 12.5 Å². The van der Waals surface area contributed by atoms with Crippen LogP contribution in [0.1, 0.15) is 24.1 Å². The Morgan fingerprint density at radius 3 is 2.80 bits per heavy atom. The van der Waals surface area contributed by atoms with Crippen LogP contribution in [0.5, 0.6) is 0 Å². The number of hydrogen-bond acceptors (Lipinski definition) is 3. The van der Waals surface area contributed by atoms with Gasteiger partial charge >= 0.3 is 6.18 Å². The summed E-state index contributed by atoms with van der Waals surface area (Å²) in [6.45, 7) is -0.896. The van der Waals surface area contributed by atoms with Gasteiger partial charge in [0.15, 0.2) is 0 Å². The summed E-state index contributed by atoms with van der Waals surface area (Å²) in [4.78, 5) is 12.7. The number of carbonyl (C=O) groups excluding carboxylic acids is 1. The SMILES string of the molecule is O=C(CCCc1cccs1)NCCCOCC(F)(F)F. The average molecular weight is 309 g/mol. The van der Waals surface area contributed by atoms with Crippen molar-refractivity contribution in [2.75, 3.05) is 19.8 Å². The van der Waals surface area contributed by atoms with Crippen molar-refractivity contribution in [3.63, 3.8) is 0 Å². The van der Waals surface area contributed by atoms with Crippen LogP contribution in [-0.2, 0) is 16.0 Å². The molecule has 0 aliphatic heterocycles. The third-order valence-corrected chi connectivity index (χ3v) is 3.40. The Hall–Kier alpha value is -1.08. The maximum atomic E-state index is 11.8. The Bertz CT molecular complexity index is 379. The standard InChI is InChI=1S/C13H18F3NO2S/c14-13(15,16)10-19-8-3-7-17-12(18)6-1-4-11-5-2-9-20-11/h2,5,9H,1,3-4,6-8,10H2,(H,17,18). The number of carbonyl (C=O) groups is 1. The van der Waals surface area contributed by atoms with Crippen LogP contribution in [0, 0.1) is 0 Å². The third kappa shape index (κ3) is 8.92. The molecule has 1 amide bonds. The van der Waals surface area contributed by atoms with Crippen LogP contribution in [0.4, 0.5) is 13.2 Å². The molecule has 0 bridgehead atoms. The maximum absolute atomic E-state index is 11.8. The fourth-order valence-electron chi connectivity index (χ4n) is 1.56. The van der Waals surface area contributed by atoms with E-state index < -0.39 is 12.8 Å². The largest absolute Gasteiger partial charge is 0.411 e.